The van der Waals surface area contributed by atoms with Gasteiger partial charge in [-0.2, -0.15) is 0 Å². The minimum absolute atomic E-state index is 0.190. The summed E-state index contributed by atoms with van der Waals surface area (Å²) in [5.41, 5.74) is 6.67. The molecule has 1 aromatic heterocycles. The van der Waals surface area contributed by atoms with Crippen LogP contribution < -0.4 is 15.8 Å². The average Bonchev–Trinajstić information content (AvgIpc) is 2.86. The number of nitrogens with one attached hydrogen (secondary N) is 1. The predicted octanol–water partition coefficient (Wildman–Crippen LogP) is 3.30. The van der Waals surface area contributed by atoms with Gasteiger partial charge >= 0.3 is 0 Å². The Morgan fingerprint density at radius 1 is 1.45 bits per heavy atom. The van der Waals surface area contributed by atoms with Crippen LogP contribution in [0.1, 0.15) is 15.2 Å². The lowest BCUT2D eigenvalue weighted by Gasteiger charge is -2.10. The number of thiophene rings is 1. The van der Waals surface area contributed by atoms with Crippen molar-refractivity contribution in [1.29, 1.82) is 0 Å². The summed E-state index contributed by atoms with van der Waals surface area (Å²) in [7, 11) is 1.51. The van der Waals surface area contributed by atoms with E-state index in [1.54, 1.807) is 29.6 Å². The second-order valence-electron chi connectivity index (χ2n) is 3.83. The van der Waals surface area contributed by atoms with E-state index in [4.69, 9.17) is 34.3 Å². The van der Waals surface area contributed by atoms with E-state index < -0.39 is 0 Å². The molecule has 1 amide bonds. The number of carbonyl (C=O) groups is 1. The molecule has 0 unspecified atom stereocenters. The Kier molecular flexibility index (Phi) is 4.59. The molecule has 0 radical (unpaired) electrons. The van der Waals surface area contributed by atoms with Crippen molar-refractivity contribution in [2.45, 2.75) is 0 Å². The van der Waals surface area contributed by atoms with Crippen molar-refractivity contribution in [2.24, 2.45) is 5.73 Å². The number of rotatable bonds is 4. The lowest BCUT2D eigenvalue weighted by molar-refractivity contribution is 0.102. The van der Waals surface area contributed by atoms with Gasteiger partial charge in [-0.05, 0) is 29.6 Å². The van der Waals surface area contributed by atoms with E-state index in [9.17, 15) is 4.79 Å². The van der Waals surface area contributed by atoms with Gasteiger partial charge in [-0.3, -0.25) is 4.79 Å². The van der Waals surface area contributed by atoms with Gasteiger partial charge in [0.2, 0.25) is 0 Å². The highest BCUT2D eigenvalue weighted by atomic mass is 35.5. The van der Waals surface area contributed by atoms with Gasteiger partial charge in [-0.15, -0.1) is 11.3 Å². The molecule has 0 saturated carbocycles. The number of benzene rings is 1. The maximum atomic E-state index is 12.2. The van der Waals surface area contributed by atoms with Gasteiger partial charge in [0.1, 0.15) is 15.6 Å². The van der Waals surface area contributed by atoms with Crippen LogP contribution in [0.3, 0.4) is 0 Å². The molecule has 2 rings (SSSR count). The maximum Gasteiger partial charge on any atom is 0.269 e. The summed E-state index contributed by atoms with van der Waals surface area (Å²) in [4.78, 5) is 12.9. The number of nitrogens with two attached hydrogens (primary N) is 1. The molecule has 2 aromatic rings. The lowest BCUT2D eigenvalue weighted by atomic mass is 10.1. The highest BCUT2D eigenvalue weighted by Gasteiger charge is 2.16. The highest BCUT2D eigenvalue weighted by molar-refractivity contribution is 7.80. The van der Waals surface area contributed by atoms with E-state index in [0.29, 0.717) is 26.9 Å². The van der Waals surface area contributed by atoms with E-state index in [-0.39, 0.29) is 10.9 Å². The van der Waals surface area contributed by atoms with Crippen LogP contribution in [-0.4, -0.2) is 18.0 Å². The molecule has 1 heterocycles. The summed E-state index contributed by atoms with van der Waals surface area (Å²) in [5.74, 6) is 0.225. The topological polar surface area (TPSA) is 64.3 Å². The molecule has 20 heavy (non-hydrogen) atoms. The van der Waals surface area contributed by atoms with Crippen LogP contribution in [0.25, 0.3) is 0 Å². The van der Waals surface area contributed by atoms with Crippen molar-refractivity contribution in [2.75, 3.05) is 12.4 Å². The van der Waals surface area contributed by atoms with Crippen LogP contribution in [0.2, 0.25) is 5.02 Å². The number of thiocarbonyl (C=S) groups is 1. The number of hydrogen-bond acceptors (Lipinski definition) is 4. The van der Waals surface area contributed by atoms with Crippen LogP contribution in [0.15, 0.2) is 29.6 Å². The van der Waals surface area contributed by atoms with Crippen LogP contribution in [0, 0.1) is 0 Å². The molecule has 7 heteroatoms. The summed E-state index contributed by atoms with van der Waals surface area (Å²) < 4.78 is 5.12. The van der Waals surface area contributed by atoms with Crippen molar-refractivity contribution in [3.63, 3.8) is 0 Å². The molecule has 0 bridgehead atoms. The predicted molar refractivity (Wildman–Crippen MR) is 86.2 cm³/mol. The molecule has 1 aromatic carbocycles. The number of halogens is 1. The van der Waals surface area contributed by atoms with Crippen molar-refractivity contribution in [3.8, 4) is 5.75 Å². The zero-order valence-corrected chi connectivity index (χ0v) is 12.9. The van der Waals surface area contributed by atoms with Gasteiger partial charge < -0.3 is 15.8 Å². The lowest BCUT2D eigenvalue weighted by Crippen LogP contribution is -2.17. The van der Waals surface area contributed by atoms with E-state index in [1.165, 1.54) is 18.4 Å². The molecule has 0 aliphatic carbocycles. The average molecular weight is 327 g/mol. The third-order valence-electron chi connectivity index (χ3n) is 2.55. The molecule has 4 nitrogen and oxygen atoms in total. The second kappa shape index (κ2) is 6.21. The molecule has 0 fully saturated rings. The second-order valence-corrected chi connectivity index (χ2v) is 5.62. The van der Waals surface area contributed by atoms with E-state index in [0.717, 1.165) is 0 Å². The molecule has 0 aliphatic rings. The molecular formula is C13H11ClN2O2S2. The monoisotopic (exact) mass is 326 g/mol. The summed E-state index contributed by atoms with van der Waals surface area (Å²) in [6.07, 6.45) is 0. The molecule has 0 saturated heterocycles. The largest absolute Gasteiger partial charge is 0.495 e. The molecule has 0 aliphatic heterocycles. The standard InChI is InChI=1S/C13H11ClN2O2S2/c1-18-10-4-5-20-11(10)13(17)16-9-6-7(14)2-3-8(9)12(15)19/h2-6H,1H3,(H2,15,19)(H,16,17). The first kappa shape index (κ1) is 14.8. The van der Waals surface area contributed by atoms with Crippen LogP contribution in [0.4, 0.5) is 5.69 Å². The molecular weight excluding hydrogens is 316 g/mol. The third-order valence-corrected chi connectivity index (χ3v) is 3.90. The van der Waals surface area contributed by atoms with Crippen LogP contribution in [0.5, 0.6) is 5.75 Å². The van der Waals surface area contributed by atoms with E-state index in [1.807, 2.05) is 0 Å². The summed E-state index contributed by atoms with van der Waals surface area (Å²) in [6.45, 7) is 0. The van der Waals surface area contributed by atoms with Gasteiger partial charge in [0.25, 0.3) is 5.91 Å². The van der Waals surface area contributed by atoms with Crippen LogP contribution >= 0.6 is 35.2 Å². The van der Waals surface area contributed by atoms with Gasteiger partial charge in [0, 0.05) is 10.6 Å². The Balaban J connectivity index is 2.32. The van der Waals surface area contributed by atoms with Gasteiger partial charge in [-0.1, -0.05) is 23.8 Å². The number of anilines is 1. The first-order chi connectivity index (χ1) is 9.52. The van der Waals surface area contributed by atoms with Gasteiger partial charge in [-0.25, -0.2) is 0 Å². The fourth-order valence-electron chi connectivity index (χ4n) is 1.64. The smallest absolute Gasteiger partial charge is 0.269 e. The summed E-state index contributed by atoms with van der Waals surface area (Å²) in [5, 5.41) is 5.01. The minimum atomic E-state index is -0.295. The minimum Gasteiger partial charge on any atom is -0.495 e. The Morgan fingerprint density at radius 2 is 2.20 bits per heavy atom. The molecule has 0 atom stereocenters. The van der Waals surface area contributed by atoms with Gasteiger partial charge in [0.05, 0.1) is 12.8 Å². The first-order valence-electron chi connectivity index (χ1n) is 5.55. The number of hydrogen-bond donors (Lipinski definition) is 2. The molecule has 3 N–H and O–H groups in total. The van der Waals surface area contributed by atoms with E-state index in [2.05, 4.69) is 5.32 Å². The number of amides is 1. The highest BCUT2D eigenvalue weighted by Crippen LogP contribution is 2.27. The maximum absolute atomic E-state index is 12.2. The van der Waals surface area contributed by atoms with Crippen molar-refractivity contribution < 1.29 is 9.53 Å². The SMILES string of the molecule is COc1ccsc1C(=O)Nc1cc(Cl)ccc1C(N)=S. The summed E-state index contributed by atoms with van der Waals surface area (Å²) >= 11 is 12.2. The Hall–Kier alpha value is -1.63. The number of methoxy groups -OCH3 is 1. The van der Waals surface area contributed by atoms with Crippen molar-refractivity contribution >= 4 is 51.7 Å². The fourth-order valence-corrected chi connectivity index (χ4v) is 2.74. The normalized spacial score (nSPS) is 10.1. The van der Waals surface area contributed by atoms with E-state index >= 15 is 0 Å². The Morgan fingerprint density at radius 3 is 2.85 bits per heavy atom. The zero-order chi connectivity index (χ0) is 14.7. The third kappa shape index (κ3) is 3.09. The van der Waals surface area contributed by atoms with Gasteiger partial charge in [0.15, 0.2) is 0 Å². The Labute approximate surface area is 130 Å². The zero-order valence-electron chi connectivity index (χ0n) is 10.5. The first-order valence-corrected chi connectivity index (χ1v) is 7.21. The van der Waals surface area contributed by atoms with Crippen molar-refractivity contribution in [1.82, 2.24) is 0 Å². The number of carbonyl (C=O) groups excluding carboxylic acids is 1. The van der Waals surface area contributed by atoms with Crippen LogP contribution in [-0.2, 0) is 0 Å². The fraction of sp³-hybridized carbons (Fsp3) is 0.0769. The quantitative estimate of drug-likeness (QED) is 0.846. The summed E-state index contributed by atoms with van der Waals surface area (Å²) in [6, 6.07) is 6.67. The molecule has 104 valence electrons. The Bertz CT molecular complexity index is 670. The number of ether oxygens (including phenoxy) is 1. The van der Waals surface area contributed by atoms with Crippen molar-refractivity contribution in [3.05, 3.63) is 45.1 Å². The molecule has 0 spiro atoms.